The average Bonchev–Trinajstić information content (AvgIpc) is 2.74. The van der Waals surface area contributed by atoms with Crippen LogP contribution in [0.3, 0.4) is 0 Å². The molecule has 0 amide bonds. The van der Waals surface area contributed by atoms with E-state index in [2.05, 4.69) is 18.7 Å². The molecule has 2 atom stereocenters. The van der Waals surface area contributed by atoms with E-state index in [1.165, 1.54) is 12.0 Å². The quantitative estimate of drug-likeness (QED) is 0.567. The molecule has 2 aliphatic carbocycles. The van der Waals surface area contributed by atoms with Crippen LogP contribution in [0.4, 0.5) is 0 Å². The van der Waals surface area contributed by atoms with Crippen LogP contribution < -0.4 is 0 Å². The van der Waals surface area contributed by atoms with Crippen molar-refractivity contribution in [1.82, 2.24) is 0 Å². The van der Waals surface area contributed by atoms with Crippen molar-refractivity contribution in [2.75, 3.05) is 13.2 Å². The lowest BCUT2D eigenvalue weighted by Gasteiger charge is -2.45. The Balaban J connectivity index is 1.88. The first-order valence-corrected chi connectivity index (χ1v) is 5.69. The molecule has 2 bridgehead atoms. The van der Waals surface area contributed by atoms with Crippen LogP contribution in [0.1, 0.15) is 20.3 Å². The Bertz CT molecular complexity index is 330. The Labute approximate surface area is 90.9 Å². The van der Waals surface area contributed by atoms with Gasteiger partial charge in [-0.1, -0.05) is 24.3 Å². The maximum Gasteiger partial charge on any atom is 0.162 e. The highest BCUT2D eigenvalue weighted by molar-refractivity contribution is 5.35. The topological polar surface area (TPSA) is 18.5 Å². The van der Waals surface area contributed by atoms with Gasteiger partial charge in [0.1, 0.15) is 0 Å². The van der Waals surface area contributed by atoms with Gasteiger partial charge in [-0.05, 0) is 32.1 Å². The van der Waals surface area contributed by atoms with E-state index in [0.717, 1.165) is 13.2 Å². The molecule has 3 rings (SSSR count). The highest BCUT2D eigenvalue weighted by atomic mass is 16.7. The molecular formula is C13H18O2. The molecule has 0 aromatic rings. The Kier molecular flexibility index (Phi) is 1.76. The lowest BCUT2D eigenvalue weighted by molar-refractivity contribution is -0.282. The van der Waals surface area contributed by atoms with Gasteiger partial charge in [0.05, 0.1) is 13.2 Å². The van der Waals surface area contributed by atoms with E-state index in [1.807, 2.05) is 13.8 Å². The standard InChI is InChI=1S/C13H18O2/c1-9-10-4-5-11(6-10)13(9)7-14-12(2,3)15-8-13/h4-5,10-11H,1,6-8H2,2-3H3/t10-,11?/m0/s1. The fourth-order valence-corrected chi connectivity index (χ4v) is 3.06. The molecule has 0 aromatic heterocycles. The van der Waals surface area contributed by atoms with Gasteiger partial charge < -0.3 is 9.47 Å². The van der Waals surface area contributed by atoms with E-state index in [9.17, 15) is 0 Å². The van der Waals surface area contributed by atoms with Crippen LogP contribution in [0.2, 0.25) is 0 Å². The molecule has 1 heterocycles. The number of fused-ring (bicyclic) bond motifs is 3. The second-order valence-electron chi connectivity index (χ2n) is 5.49. The highest BCUT2D eigenvalue weighted by Gasteiger charge is 2.54. The third-order valence-corrected chi connectivity index (χ3v) is 4.24. The molecule has 2 heteroatoms. The first-order valence-electron chi connectivity index (χ1n) is 5.69. The summed E-state index contributed by atoms with van der Waals surface area (Å²) in [6, 6.07) is 0. The normalized spacial score (nSPS) is 40.3. The van der Waals surface area contributed by atoms with Crippen molar-refractivity contribution in [2.24, 2.45) is 17.3 Å². The zero-order valence-corrected chi connectivity index (χ0v) is 9.45. The van der Waals surface area contributed by atoms with Gasteiger partial charge in [-0.15, -0.1) is 0 Å². The number of hydrogen-bond donors (Lipinski definition) is 0. The van der Waals surface area contributed by atoms with E-state index < -0.39 is 5.79 Å². The molecule has 1 spiro atoms. The van der Waals surface area contributed by atoms with Gasteiger partial charge in [0, 0.05) is 5.41 Å². The zero-order valence-electron chi connectivity index (χ0n) is 9.45. The molecule has 2 nitrogen and oxygen atoms in total. The van der Waals surface area contributed by atoms with Crippen molar-refractivity contribution in [3.05, 3.63) is 24.3 Å². The van der Waals surface area contributed by atoms with Gasteiger partial charge in [-0.3, -0.25) is 0 Å². The first-order chi connectivity index (χ1) is 7.04. The molecule has 15 heavy (non-hydrogen) atoms. The van der Waals surface area contributed by atoms with Crippen molar-refractivity contribution in [3.8, 4) is 0 Å². The summed E-state index contributed by atoms with van der Waals surface area (Å²) in [5.41, 5.74) is 1.40. The smallest absolute Gasteiger partial charge is 0.162 e. The van der Waals surface area contributed by atoms with Crippen LogP contribution >= 0.6 is 0 Å². The van der Waals surface area contributed by atoms with Gasteiger partial charge in [0.25, 0.3) is 0 Å². The number of ether oxygens (including phenoxy) is 2. The number of allylic oxidation sites excluding steroid dienone is 2. The highest BCUT2D eigenvalue weighted by Crippen LogP contribution is 2.57. The summed E-state index contributed by atoms with van der Waals surface area (Å²) in [6.07, 6.45) is 5.83. The van der Waals surface area contributed by atoms with E-state index in [-0.39, 0.29) is 5.41 Å². The van der Waals surface area contributed by atoms with Gasteiger partial charge in [-0.2, -0.15) is 0 Å². The molecule has 1 saturated heterocycles. The van der Waals surface area contributed by atoms with E-state index in [4.69, 9.17) is 9.47 Å². The Morgan fingerprint density at radius 2 is 1.93 bits per heavy atom. The predicted molar refractivity (Wildman–Crippen MR) is 58.3 cm³/mol. The van der Waals surface area contributed by atoms with Crippen molar-refractivity contribution in [2.45, 2.75) is 26.1 Å². The maximum absolute atomic E-state index is 5.81. The van der Waals surface area contributed by atoms with Crippen LogP contribution in [0.15, 0.2) is 24.3 Å². The Morgan fingerprint density at radius 1 is 1.27 bits per heavy atom. The molecule has 1 unspecified atom stereocenters. The fraction of sp³-hybridized carbons (Fsp3) is 0.692. The largest absolute Gasteiger partial charge is 0.350 e. The minimum absolute atomic E-state index is 0.0783. The lowest BCUT2D eigenvalue weighted by Crippen LogP contribution is -2.49. The molecule has 0 N–H and O–H groups in total. The summed E-state index contributed by atoms with van der Waals surface area (Å²) in [5.74, 6) is 0.742. The summed E-state index contributed by atoms with van der Waals surface area (Å²) in [5, 5.41) is 0. The summed E-state index contributed by atoms with van der Waals surface area (Å²) in [7, 11) is 0. The summed E-state index contributed by atoms with van der Waals surface area (Å²) in [4.78, 5) is 0. The monoisotopic (exact) mass is 206 g/mol. The molecule has 1 aliphatic heterocycles. The van der Waals surface area contributed by atoms with Gasteiger partial charge in [0.15, 0.2) is 5.79 Å². The van der Waals surface area contributed by atoms with Crippen LogP contribution in [0.25, 0.3) is 0 Å². The van der Waals surface area contributed by atoms with E-state index >= 15 is 0 Å². The Morgan fingerprint density at radius 3 is 2.47 bits per heavy atom. The van der Waals surface area contributed by atoms with Crippen molar-refractivity contribution < 1.29 is 9.47 Å². The molecule has 0 radical (unpaired) electrons. The fourth-order valence-electron chi connectivity index (χ4n) is 3.06. The number of hydrogen-bond acceptors (Lipinski definition) is 2. The summed E-state index contributed by atoms with van der Waals surface area (Å²) < 4.78 is 11.6. The minimum atomic E-state index is -0.420. The zero-order chi connectivity index (χ0) is 10.7. The second-order valence-corrected chi connectivity index (χ2v) is 5.49. The molecule has 0 aromatic carbocycles. The lowest BCUT2D eigenvalue weighted by atomic mass is 9.73. The van der Waals surface area contributed by atoms with Crippen molar-refractivity contribution in [1.29, 1.82) is 0 Å². The van der Waals surface area contributed by atoms with Crippen molar-refractivity contribution in [3.63, 3.8) is 0 Å². The second kappa shape index (κ2) is 2.74. The SMILES string of the molecule is C=C1[C@H]2C=CC(C2)C12COC(C)(C)OC2. The third-order valence-electron chi connectivity index (χ3n) is 4.24. The van der Waals surface area contributed by atoms with Crippen molar-refractivity contribution >= 4 is 0 Å². The van der Waals surface area contributed by atoms with E-state index in [1.54, 1.807) is 0 Å². The Hall–Kier alpha value is -0.600. The van der Waals surface area contributed by atoms with Gasteiger partial charge in [0.2, 0.25) is 0 Å². The molecule has 82 valence electrons. The third kappa shape index (κ3) is 1.18. The minimum Gasteiger partial charge on any atom is -0.350 e. The predicted octanol–water partition coefficient (Wildman–Crippen LogP) is 2.52. The molecule has 1 saturated carbocycles. The maximum atomic E-state index is 5.81. The van der Waals surface area contributed by atoms with Gasteiger partial charge >= 0.3 is 0 Å². The van der Waals surface area contributed by atoms with Crippen LogP contribution in [-0.2, 0) is 9.47 Å². The molecule has 2 fully saturated rings. The first kappa shape index (κ1) is 9.61. The average molecular weight is 206 g/mol. The molecular weight excluding hydrogens is 188 g/mol. The van der Waals surface area contributed by atoms with Crippen LogP contribution in [-0.4, -0.2) is 19.0 Å². The number of rotatable bonds is 0. The molecule has 3 aliphatic rings. The summed E-state index contributed by atoms with van der Waals surface area (Å²) >= 11 is 0. The van der Waals surface area contributed by atoms with Gasteiger partial charge in [-0.25, -0.2) is 0 Å². The van der Waals surface area contributed by atoms with Crippen LogP contribution in [0.5, 0.6) is 0 Å². The van der Waals surface area contributed by atoms with E-state index in [0.29, 0.717) is 11.8 Å². The van der Waals surface area contributed by atoms with Crippen LogP contribution in [0, 0.1) is 17.3 Å². The summed E-state index contributed by atoms with van der Waals surface area (Å²) in [6.45, 7) is 9.74.